The van der Waals surface area contributed by atoms with Crippen LogP contribution in [-0.4, -0.2) is 47.6 Å². The number of likely N-dealkylation sites (tertiary alicyclic amines) is 1. The highest BCUT2D eigenvalue weighted by atomic mass is 35.5. The lowest BCUT2D eigenvalue weighted by Crippen LogP contribution is -2.41. The first-order chi connectivity index (χ1) is 21.8. The molecule has 0 radical (unpaired) electrons. The number of nitrogens with zero attached hydrogens (tertiary/aromatic N) is 3. The largest absolute Gasteiger partial charge is 0.493 e. The molecule has 5 rings (SSSR count). The molecular formula is C35H45ClN6O2S. The number of rotatable bonds is 6. The molecule has 1 atom stereocenters. The molecule has 2 aliphatic rings. The minimum atomic E-state index is -0.201. The van der Waals surface area contributed by atoms with E-state index in [9.17, 15) is 4.79 Å². The lowest BCUT2D eigenvalue weighted by atomic mass is 9.94. The van der Waals surface area contributed by atoms with Crippen LogP contribution >= 0.6 is 22.9 Å². The highest BCUT2D eigenvalue weighted by Crippen LogP contribution is 2.28. The number of amides is 2. The number of nitrogens with one attached hydrogen (secondary N) is 3. The van der Waals surface area contributed by atoms with Crippen molar-refractivity contribution >= 4 is 51.2 Å². The van der Waals surface area contributed by atoms with Gasteiger partial charge in [-0.2, -0.15) is 0 Å². The number of aromatic nitrogens is 1. The van der Waals surface area contributed by atoms with E-state index in [0.29, 0.717) is 23.4 Å². The Balaban J connectivity index is 0.00000148. The topological polar surface area (TPSA) is 90.9 Å². The van der Waals surface area contributed by atoms with Crippen LogP contribution < -0.4 is 20.7 Å². The van der Waals surface area contributed by atoms with E-state index < -0.39 is 0 Å². The summed E-state index contributed by atoms with van der Waals surface area (Å²) < 4.78 is 6.38. The van der Waals surface area contributed by atoms with Crippen LogP contribution in [0.3, 0.4) is 0 Å². The van der Waals surface area contributed by atoms with E-state index in [1.807, 2.05) is 74.6 Å². The summed E-state index contributed by atoms with van der Waals surface area (Å²) in [5, 5.41) is 13.4. The number of fused-ring (bicyclic) bond motifs is 4. The third kappa shape index (κ3) is 10.4. The Morgan fingerprint density at radius 1 is 1.18 bits per heavy atom. The molecule has 0 aliphatic carbocycles. The summed E-state index contributed by atoms with van der Waals surface area (Å²) in [5.41, 5.74) is 5.28. The lowest BCUT2D eigenvalue weighted by molar-refractivity contribution is 0.170. The zero-order chi connectivity index (χ0) is 32.2. The lowest BCUT2D eigenvalue weighted by Gasteiger charge is -2.32. The summed E-state index contributed by atoms with van der Waals surface area (Å²) in [6.07, 6.45) is 11.7. The van der Waals surface area contributed by atoms with Crippen LogP contribution in [0.5, 0.6) is 5.75 Å². The maximum Gasteiger partial charge on any atom is 0.322 e. The zero-order valence-corrected chi connectivity index (χ0v) is 28.3. The molecule has 10 heteroatoms. The Morgan fingerprint density at radius 3 is 2.67 bits per heavy atom. The summed E-state index contributed by atoms with van der Waals surface area (Å²) in [6.45, 7) is 13.3. The number of benzene rings is 1. The molecule has 1 unspecified atom stereocenters. The SMILES string of the molecule is C/C=C(Cl)\C1=N/C(C)Nc2cncc(c2)CCc2cc(ccc2OCCC2CCN(C(=O)Nc3cc(C)cs3)CC2)N1.C=CC. The first kappa shape index (κ1) is 34.1. The van der Waals surface area contributed by atoms with E-state index in [4.69, 9.17) is 21.3 Å². The smallest absolute Gasteiger partial charge is 0.322 e. The predicted octanol–water partition coefficient (Wildman–Crippen LogP) is 8.87. The van der Waals surface area contributed by atoms with Crippen molar-refractivity contribution in [2.45, 2.75) is 66.0 Å². The molecule has 8 nitrogen and oxygen atoms in total. The summed E-state index contributed by atoms with van der Waals surface area (Å²) in [4.78, 5) is 23.8. The maximum atomic E-state index is 12.7. The van der Waals surface area contributed by atoms with E-state index in [-0.39, 0.29) is 12.2 Å². The fraction of sp³-hybridized carbons (Fsp3) is 0.400. The molecule has 2 aromatic heterocycles. The van der Waals surface area contributed by atoms with Crippen LogP contribution in [0.4, 0.5) is 21.2 Å². The van der Waals surface area contributed by atoms with Gasteiger partial charge < -0.3 is 20.3 Å². The van der Waals surface area contributed by atoms with E-state index in [2.05, 4.69) is 39.6 Å². The van der Waals surface area contributed by atoms with E-state index in [1.165, 1.54) is 5.56 Å². The summed E-state index contributed by atoms with van der Waals surface area (Å²) >= 11 is 8.09. The van der Waals surface area contributed by atoms with Crippen LogP contribution in [0.15, 0.2) is 76.9 Å². The summed E-state index contributed by atoms with van der Waals surface area (Å²) in [7, 11) is 0. The molecule has 0 spiro atoms. The van der Waals surface area contributed by atoms with Crippen LogP contribution in [-0.2, 0) is 12.8 Å². The molecule has 4 bridgehead atoms. The molecule has 1 fully saturated rings. The number of pyridine rings is 1. The van der Waals surface area contributed by atoms with Crippen LogP contribution in [0, 0.1) is 12.8 Å². The molecule has 3 N–H and O–H groups in total. The monoisotopic (exact) mass is 648 g/mol. The molecule has 3 aromatic rings. The van der Waals surface area contributed by atoms with E-state index >= 15 is 0 Å². The van der Waals surface area contributed by atoms with Gasteiger partial charge >= 0.3 is 6.03 Å². The number of allylic oxidation sites excluding steroid dienone is 2. The van der Waals surface area contributed by atoms with Crippen molar-refractivity contribution in [2.75, 3.05) is 35.6 Å². The van der Waals surface area contributed by atoms with Gasteiger partial charge in [-0.1, -0.05) is 23.8 Å². The second kappa shape index (κ2) is 17.0. The van der Waals surface area contributed by atoms with Crippen LogP contribution in [0.1, 0.15) is 56.7 Å². The third-order valence-corrected chi connectivity index (χ3v) is 8.99. The molecule has 45 heavy (non-hydrogen) atoms. The van der Waals surface area contributed by atoms with Gasteiger partial charge in [-0.15, -0.1) is 17.9 Å². The number of hydrogen-bond donors (Lipinski definition) is 3. The standard InChI is InChI=1S/C32H39ClN6O2S.C3H6/c1-4-28(33)31-36-22(3)35-27-16-24(18-34-19-27)5-6-25-17-26(37-31)7-8-29(25)41-14-11-23-9-12-39(13-10-23)32(40)38-30-15-21(2)20-42-30;1-3-2/h4,7-8,15-20,22-23,35H,5-6,9-14H2,1-3H3,(H,36,37)(H,38,40);3H,1H2,2H3/b28-4+;. The maximum absolute atomic E-state index is 12.7. The van der Waals surface area contributed by atoms with Crippen LogP contribution in [0.2, 0.25) is 0 Å². The first-order valence-corrected chi connectivity index (χ1v) is 16.8. The number of urea groups is 1. The number of aliphatic imine (C=N–C) groups is 1. The van der Waals surface area contributed by atoms with Gasteiger partial charge in [0.05, 0.1) is 28.5 Å². The number of carbonyl (C=O) groups excluding carboxylic acids is 1. The number of aryl methyl sites for hydroxylation is 3. The highest BCUT2D eigenvalue weighted by molar-refractivity contribution is 7.14. The molecule has 240 valence electrons. The van der Waals surface area contributed by atoms with Crippen molar-refractivity contribution in [1.82, 2.24) is 9.88 Å². The van der Waals surface area contributed by atoms with Crippen molar-refractivity contribution < 1.29 is 9.53 Å². The number of carbonyl (C=O) groups is 1. The van der Waals surface area contributed by atoms with Gasteiger partial charge in [0.15, 0.2) is 0 Å². The second-order valence-corrected chi connectivity index (χ2v) is 12.7. The minimum Gasteiger partial charge on any atom is -0.493 e. The Morgan fingerprint density at radius 2 is 1.96 bits per heavy atom. The molecule has 1 saturated heterocycles. The normalized spacial score (nSPS) is 18.2. The Hall–Kier alpha value is -3.82. The second-order valence-electron chi connectivity index (χ2n) is 11.4. The number of ether oxygens (including phenoxy) is 1. The average Bonchev–Trinajstić information content (AvgIpc) is 3.44. The molecule has 4 heterocycles. The first-order valence-electron chi connectivity index (χ1n) is 15.6. The van der Waals surface area contributed by atoms with Crippen molar-refractivity contribution in [2.24, 2.45) is 10.9 Å². The van der Waals surface area contributed by atoms with Gasteiger partial charge in [-0.25, -0.2) is 9.79 Å². The highest BCUT2D eigenvalue weighted by Gasteiger charge is 2.23. The van der Waals surface area contributed by atoms with Crippen molar-refractivity contribution in [3.63, 3.8) is 0 Å². The number of halogens is 1. The number of anilines is 3. The molecule has 2 amide bonds. The van der Waals surface area contributed by atoms with Crippen molar-refractivity contribution in [3.05, 3.63) is 88.6 Å². The Kier molecular flexibility index (Phi) is 12.9. The predicted molar refractivity (Wildman–Crippen MR) is 190 cm³/mol. The average molecular weight is 649 g/mol. The third-order valence-electron chi connectivity index (χ3n) is 7.63. The molecule has 2 aliphatic heterocycles. The quantitative estimate of drug-likeness (QED) is 0.232. The van der Waals surface area contributed by atoms with Gasteiger partial charge in [-0.05, 0) is 118 Å². The number of hydrogen-bond acceptors (Lipinski definition) is 7. The Labute approximate surface area is 276 Å². The van der Waals surface area contributed by atoms with Crippen molar-refractivity contribution in [1.29, 1.82) is 0 Å². The molecule has 0 saturated carbocycles. The minimum absolute atomic E-state index is 0.00449. The fourth-order valence-corrected chi connectivity index (χ4v) is 6.19. The number of piperidine rings is 1. The Bertz CT molecular complexity index is 1490. The van der Waals surface area contributed by atoms with Crippen molar-refractivity contribution in [3.8, 4) is 5.75 Å². The van der Waals surface area contributed by atoms with Gasteiger partial charge in [0.1, 0.15) is 17.8 Å². The zero-order valence-electron chi connectivity index (χ0n) is 26.7. The van der Waals surface area contributed by atoms with Crippen LogP contribution in [0.25, 0.3) is 0 Å². The number of thiophene rings is 1. The summed E-state index contributed by atoms with van der Waals surface area (Å²) in [6, 6.07) is 10.3. The van der Waals surface area contributed by atoms with Gasteiger partial charge in [0.25, 0.3) is 0 Å². The number of amidine groups is 1. The molecular weight excluding hydrogens is 604 g/mol. The van der Waals surface area contributed by atoms with E-state index in [1.54, 1.807) is 17.4 Å². The fourth-order valence-electron chi connectivity index (χ4n) is 5.31. The summed E-state index contributed by atoms with van der Waals surface area (Å²) in [5.74, 6) is 2.03. The van der Waals surface area contributed by atoms with E-state index in [0.717, 1.165) is 78.4 Å². The van der Waals surface area contributed by atoms with Gasteiger partial charge in [0.2, 0.25) is 0 Å². The molecule has 1 aromatic carbocycles. The van der Waals surface area contributed by atoms with Gasteiger partial charge in [-0.3, -0.25) is 10.3 Å². The van der Waals surface area contributed by atoms with Gasteiger partial charge in [0, 0.05) is 25.0 Å².